The molecule has 230 valence electrons. The molecule has 4 atom stereocenters. The summed E-state index contributed by atoms with van der Waals surface area (Å²) in [6.07, 6.45) is -2.46. The summed E-state index contributed by atoms with van der Waals surface area (Å²) in [7, 11) is -4.02. The van der Waals surface area contributed by atoms with E-state index in [0.717, 1.165) is 16.5 Å². The van der Waals surface area contributed by atoms with Gasteiger partial charge in [-0.1, -0.05) is 56.7 Å². The van der Waals surface area contributed by atoms with Crippen LogP contribution in [0.1, 0.15) is 25.8 Å². The standard InChI is InChI=1S/C31H37FN4O6S/c1-3-21(2)18-35(43(40,41)26-14-12-24(33)13-15-26)19-28(37)27(16-22-8-5-4-6-9-22)34-30(38)29-20-36(31(39)42-29)25-11-7-10-23(32)17-25/h4-15,17,21,27-29,37H,3,16,18-20,33H2,1-2H3,(H,34,38)/t21-,27-,28+,29-/m0/s1. The number of hydrogen-bond donors (Lipinski definition) is 3. The number of cyclic esters (lactones) is 1. The predicted octanol–water partition coefficient (Wildman–Crippen LogP) is 3.56. The number of amides is 2. The first-order valence-electron chi connectivity index (χ1n) is 14.1. The topological polar surface area (TPSA) is 142 Å². The lowest BCUT2D eigenvalue weighted by Gasteiger charge is -2.31. The van der Waals surface area contributed by atoms with E-state index in [0.29, 0.717) is 12.1 Å². The number of anilines is 2. The second-order valence-corrected chi connectivity index (χ2v) is 12.7. The number of nitrogen functional groups attached to an aromatic ring is 1. The number of ether oxygens (including phenoxy) is 1. The monoisotopic (exact) mass is 612 g/mol. The molecule has 1 aliphatic heterocycles. The van der Waals surface area contributed by atoms with Crippen LogP contribution in [-0.2, 0) is 26.0 Å². The largest absolute Gasteiger partial charge is 0.434 e. The van der Waals surface area contributed by atoms with Crippen molar-refractivity contribution in [2.24, 2.45) is 5.92 Å². The molecule has 1 fully saturated rings. The van der Waals surface area contributed by atoms with Crippen LogP contribution in [0.25, 0.3) is 0 Å². The Kier molecular flexibility index (Phi) is 10.4. The number of carbonyl (C=O) groups excluding carboxylic acids is 2. The molecule has 1 heterocycles. The molecule has 1 aliphatic rings. The summed E-state index contributed by atoms with van der Waals surface area (Å²) in [5.74, 6) is -1.22. The Bertz CT molecular complexity index is 1510. The van der Waals surface area contributed by atoms with Crippen LogP contribution in [0.2, 0.25) is 0 Å². The van der Waals surface area contributed by atoms with Crippen LogP contribution in [0.3, 0.4) is 0 Å². The average Bonchev–Trinajstić information content (AvgIpc) is 3.38. The average molecular weight is 613 g/mol. The van der Waals surface area contributed by atoms with E-state index in [2.05, 4.69) is 5.32 Å². The Hall–Kier alpha value is -4.00. The molecule has 4 rings (SSSR count). The van der Waals surface area contributed by atoms with Gasteiger partial charge in [0, 0.05) is 18.8 Å². The molecule has 3 aromatic carbocycles. The minimum absolute atomic E-state index is 0.00960. The number of carbonyl (C=O) groups is 2. The molecule has 10 nitrogen and oxygen atoms in total. The van der Waals surface area contributed by atoms with Gasteiger partial charge in [0.05, 0.1) is 29.3 Å². The fourth-order valence-corrected chi connectivity index (χ4v) is 6.33. The normalized spacial score (nSPS) is 17.4. The number of hydrogen-bond acceptors (Lipinski definition) is 7. The van der Waals surface area contributed by atoms with E-state index in [4.69, 9.17) is 10.5 Å². The maximum Gasteiger partial charge on any atom is 0.415 e. The summed E-state index contributed by atoms with van der Waals surface area (Å²) in [5, 5.41) is 14.3. The Morgan fingerprint density at radius 3 is 2.47 bits per heavy atom. The number of sulfonamides is 1. The van der Waals surface area contributed by atoms with Crippen LogP contribution in [0, 0.1) is 11.7 Å². The SMILES string of the molecule is CC[C@H](C)CN(C[C@@H](O)[C@H](Cc1ccccc1)NC(=O)[C@@H]1CN(c2cccc(F)c2)C(=O)O1)S(=O)(=O)c1ccc(N)cc1. The van der Waals surface area contributed by atoms with Crippen molar-refractivity contribution in [2.75, 3.05) is 30.3 Å². The Balaban J connectivity index is 1.56. The van der Waals surface area contributed by atoms with Gasteiger partial charge in [0.1, 0.15) is 5.82 Å². The molecule has 0 bridgehead atoms. The van der Waals surface area contributed by atoms with E-state index in [-0.39, 0.29) is 42.6 Å². The predicted molar refractivity (Wildman–Crippen MR) is 161 cm³/mol. The van der Waals surface area contributed by atoms with Gasteiger partial charge >= 0.3 is 6.09 Å². The lowest BCUT2D eigenvalue weighted by molar-refractivity contribution is -0.129. The molecular weight excluding hydrogens is 575 g/mol. The van der Waals surface area contributed by atoms with Crippen molar-refractivity contribution < 1.29 is 32.2 Å². The van der Waals surface area contributed by atoms with Crippen molar-refractivity contribution >= 4 is 33.4 Å². The zero-order chi connectivity index (χ0) is 31.1. The highest BCUT2D eigenvalue weighted by Gasteiger charge is 2.39. The molecular formula is C31H37FN4O6S. The van der Waals surface area contributed by atoms with E-state index in [1.54, 1.807) is 0 Å². The molecule has 0 saturated carbocycles. The molecule has 3 aromatic rings. The van der Waals surface area contributed by atoms with E-state index in [9.17, 15) is 27.5 Å². The van der Waals surface area contributed by atoms with Crippen LogP contribution in [0.4, 0.5) is 20.6 Å². The van der Waals surface area contributed by atoms with Crippen molar-refractivity contribution in [3.63, 3.8) is 0 Å². The highest BCUT2D eigenvalue weighted by atomic mass is 32.2. The molecule has 2 amide bonds. The molecule has 43 heavy (non-hydrogen) atoms. The molecule has 0 spiro atoms. The number of benzene rings is 3. The van der Waals surface area contributed by atoms with Crippen LogP contribution in [0.5, 0.6) is 0 Å². The first-order chi connectivity index (χ1) is 20.5. The van der Waals surface area contributed by atoms with Crippen molar-refractivity contribution in [3.8, 4) is 0 Å². The highest BCUT2D eigenvalue weighted by Crippen LogP contribution is 2.24. The molecule has 4 N–H and O–H groups in total. The first kappa shape index (κ1) is 31.9. The minimum atomic E-state index is -4.02. The number of rotatable bonds is 13. The quantitative estimate of drug-likeness (QED) is 0.251. The number of nitrogens with two attached hydrogens (primary N) is 1. The molecule has 12 heteroatoms. The van der Waals surface area contributed by atoms with Gasteiger partial charge in [-0.15, -0.1) is 0 Å². The summed E-state index contributed by atoms with van der Waals surface area (Å²) in [5.41, 5.74) is 7.22. The summed E-state index contributed by atoms with van der Waals surface area (Å²) < 4.78 is 47.6. The second-order valence-electron chi connectivity index (χ2n) is 10.7. The van der Waals surface area contributed by atoms with Crippen LogP contribution < -0.4 is 16.0 Å². The fraction of sp³-hybridized carbons (Fsp3) is 0.355. The smallest absolute Gasteiger partial charge is 0.415 e. The van der Waals surface area contributed by atoms with Crippen LogP contribution in [0.15, 0.2) is 83.8 Å². The first-order valence-corrected chi connectivity index (χ1v) is 15.5. The molecule has 0 unspecified atom stereocenters. The van der Waals surface area contributed by atoms with E-state index >= 15 is 0 Å². The van der Waals surface area contributed by atoms with Crippen molar-refractivity contribution in [3.05, 3.63) is 90.2 Å². The van der Waals surface area contributed by atoms with Crippen molar-refractivity contribution in [1.29, 1.82) is 0 Å². The number of aliphatic hydroxyl groups is 1. The summed E-state index contributed by atoms with van der Waals surface area (Å²) in [4.78, 5) is 27.1. The Labute approximate surface area is 251 Å². The highest BCUT2D eigenvalue weighted by molar-refractivity contribution is 7.89. The van der Waals surface area contributed by atoms with Gasteiger partial charge in [0.15, 0.2) is 6.10 Å². The number of halogens is 1. The summed E-state index contributed by atoms with van der Waals surface area (Å²) >= 11 is 0. The molecule has 0 radical (unpaired) electrons. The van der Waals surface area contributed by atoms with E-state index in [1.165, 1.54) is 46.8 Å². The third-order valence-electron chi connectivity index (χ3n) is 7.44. The van der Waals surface area contributed by atoms with Crippen LogP contribution >= 0.6 is 0 Å². The van der Waals surface area contributed by atoms with E-state index in [1.807, 2.05) is 44.2 Å². The summed E-state index contributed by atoms with van der Waals surface area (Å²) in [6, 6.07) is 19.4. The minimum Gasteiger partial charge on any atom is -0.434 e. The van der Waals surface area contributed by atoms with Gasteiger partial charge in [0.25, 0.3) is 5.91 Å². The third kappa shape index (κ3) is 8.09. The number of nitrogens with zero attached hydrogens (tertiary/aromatic N) is 2. The van der Waals surface area contributed by atoms with Gasteiger partial charge in [0.2, 0.25) is 10.0 Å². The van der Waals surface area contributed by atoms with Gasteiger partial charge in [-0.3, -0.25) is 9.69 Å². The second kappa shape index (κ2) is 14.0. The molecule has 0 aliphatic carbocycles. The third-order valence-corrected chi connectivity index (χ3v) is 9.28. The molecule has 1 saturated heterocycles. The Morgan fingerprint density at radius 2 is 1.81 bits per heavy atom. The maximum absolute atomic E-state index is 13.7. The molecule has 0 aromatic heterocycles. The van der Waals surface area contributed by atoms with Gasteiger partial charge in [-0.2, -0.15) is 4.31 Å². The van der Waals surface area contributed by atoms with Crippen molar-refractivity contribution in [2.45, 2.75) is 49.8 Å². The summed E-state index contributed by atoms with van der Waals surface area (Å²) in [6.45, 7) is 3.56. The van der Waals surface area contributed by atoms with Gasteiger partial charge < -0.3 is 20.9 Å². The lowest BCUT2D eigenvalue weighted by atomic mass is 10.0. The number of nitrogens with one attached hydrogen (secondary N) is 1. The van der Waals surface area contributed by atoms with Crippen LogP contribution in [-0.4, -0.2) is 67.7 Å². The maximum atomic E-state index is 13.7. The number of aliphatic hydroxyl groups excluding tert-OH is 1. The Morgan fingerprint density at radius 1 is 1.12 bits per heavy atom. The zero-order valence-electron chi connectivity index (χ0n) is 24.1. The van der Waals surface area contributed by atoms with Crippen molar-refractivity contribution in [1.82, 2.24) is 9.62 Å². The lowest BCUT2D eigenvalue weighted by Crippen LogP contribution is -2.53. The van der Waals surface area contributed by atoms with Gasteiger partial charge in [-0.25, -0.2) is 17.6 Å². The zero-order valence-corrected chi connectivity index (χ0v) is 24.9. The van der Waals surface area contributed by atoms with E-state index < -0.39 is 46.1 Å². The van der Waals surface area contributed by atoms with Gasteiger partial charge in [-0.05, 0) is 60.4 Å². The fourth-order valence-electron chi connectivity index (χ4n) is 4.75.